The fraction of sp³-hybridized carbons (Fsp3) is 0.327. The zero-order valence-electron chi connectivity index (χ0n) is 71.8. The first-order valence-electron chi connectivity index (χ1n) is 41.3. The van der Waals surface area contributed by atoms with Gasteiger partial charge in [0.25, 0.3) is 0 Å². The summed E-state index contributed by atoms with van der Waals surface area (Å²) in [4.78, 5) is 13.1. The van der Waals surface area contributed by atoms with Gasteiger partial charge in [-0.3, -0.25) is 0 Å². The van der Waals surface area contributed by atoms with Crippen LogP contribution < -0.4 is 24.5 Å². The van der Waals surface area contributed by atoms with E-state index in [1.165, 1.54) is 223 Å². The summed E-state index contributed by atoms with van der Waals surface area (Å²) in [6, 6.07) is 73.9. The van der Waals surface area contributed by atoms with Gasteiger partial charge in [-0.25, -0.2) is 0 Å². The molecular formula is C107H112BrN5. The molecule has 113 heavy (non-hydrogen) atoms. The van der Waals surface area contributed by atoms with Gasteiger partial charge >= 0.3 is 0 Å². The third kappa shape index (κ3) is 10.1. The maximum absolute atomic E-state index is 3.90. The predicted octanol–water partition coefficient (Wildman–Crippen LogP) is 30.3. The maximum atomic E-state index is 3.90. The summed E-state index contributed by atoms with van der Waals surface area (Å²) < 4.78 is 1.22. The van der Waals surface area contributed by atoms with Gasteiger partial charge in [0, 0.05) is 37.0 Å². The van der Waals surface area contributed by atoms with Crippen LogP contribution in [0.2, 0.25) is 0 Å². The highest BCUT2D eigenvalue weighted by atomic mass is 79.9. The molecule has 572 valence electrons. The summed E-state index contributed by atoms with van der Waals surface area (Å²) in [5, 5.41) is 0. The van der Waals surface area contributed by atoms with Gasteiger partial charge < -0.3 is 24.5 Å². The minimum Gasteiger partial charge on any atom is -0.309 e. The van der Waals surface area contributed by atoms with Gasteiger partial charge in [0.1, 0.15) is 0 Å². The second kappa shape index (κ2) is 24.6. The molecule has 0 spiro atoms. The maximum Gasteiger partial charge on any atom is 0.0744 e. The molecule has 0 saturated heterocycles. The second-order valence-electron chi connectivity index (χ2n) is 39.3. The Kier molecular flexibility index (Phi) is 16.2. The van der Waals surface area contributed by atoms with E-state index in [-0.39, 0.29) is 43.3 Å². The van der Waals surface area contributed by atoms with E-state index in [4.69, 9.17) is 0 Å². The fourth-order valence-electron chi connectivity index (χ4n) is 21.7. The third-order valence-corrected chi connectivity index (χ3v) is 30.0. The Morgan fingerprint density at radius 2 is 0.451 bits per heavy atom. The van der Waals surface area contributed by atoms with E-state index in [1.807, 2.05) is 0 Å². The smallest absolute Gasteiger partial charge is 0.0744 e. The van der Waals surface area contributed by atoms with Crippen LogP contribution in [0.1, 0.15) is 258 Å². The standard InChI is InChI=1S/C53H55N3.C38H41BrN2.C16H16/c1-30-32(3)46(33(4)31(2)45(30)54-41-24-16-14-20-35(41)51(8,9)36-21-15-17-25-42(36)54)55-43-26-18-22-37-48(43)56-47-39(52(37,10)11)28-34(50(5,6)7)29-40(47)53(12,13)38-23-19-27-44(55)49(38)56;1-20-22(3)32(23(4)21(2)31(20)39)40-29-16-12-14-25-34(29)41-33-27(37(25,8)9)18-24(36(5,6)7)19-28(33)38(10,11)26-15-13-17-30(40)35(26)41;1-16(2)14-9-5-3-7-12(14)11-13-8-4-6-10-15(13)16/h14-29H,1-13H3;12-19H,1-11H3;3-10H,11H2,1-2H3. The van der Waals surface area contributed by atoms with Crippen molar-refractivity contribution in [3.63, 3.8) is 0 Å². The molecule has 0 unspecified atom stereocenters. The average molecular weight is 1550 g/mol. The molecule has 0 atom stereocenters. The van der Waals surface area contributed by atoms with Gasteiger partial charge in [0.15, 0.2) is 0 Å². The Balaban J connectivity index is 0.000000135. The lowest BCUT2D eigenvalue weighted by Gasteiger charge is -2.54. The van der Waals surface area contributed by atoms with Crippen LogP contribution in [0.4, 0.5) is 85.3 Å². The van der Waals surface area contributed by atoms with E-state index in [0.29, 0.717) is 0 Å². The number of benzene rings is 12. The van der Waals surface area contributed by atoms with E-state index in [1.54, 1.807) is 0 Å². The van der Waals surface area contributed by atoms with Gasteiger partial charge in [0.05, 0.1) is 85.3 Å². The van der Waals surface area contributed by atoms with Gasteiger partial charge in [-0.2, -0.15) is 0 Å². The van der Waals surface area contributed by atoms with E-state index < -0.39 is 0 Å². The molecule has 0 amide bonds. The summed E-state index contributed by atoms with van der Waals surface area (Å²) >= 11 is 3.90. The van der Waals surface area contributed by atoms with Crippen molar-refractivity contribution < 1.29 is 0 Å². The van der Waals surface area contributed by atoms with Gasteiger partial charge in [-0.15, -0.1) is 0 Å². The molecule has 5 nitrogen and oxygen atoms in total. The lowest BCUT2D eigenvalue weighted by Crippen LogP contribution is -2.41. The molecule has 1 aliphatic carbocycles. The summed E-state index contributed by atoms with van der Waals surface area (Å²) in [6.45, 7) is 61.5. The highest BCUT2D eigenvalue weighted by Crippen LogP contribution is 2.71. The summed E-state index contributed by atoms with van der Waals surface area (Å²) in [5.41, 5.74) is 52.3. The third-order valence-electron chi connectivity index (χ3n) is 28.8. The van der Waals surface area contributed by atoms with Crippen molar-refractivity contribution in [1.29, 1.82) is 0 Å². The summed E-state index contributed by atoms with van der Waals surface area (Å²) in [7, 11) is 0. The van der Waals surface area contributed by atoms with Gasteiger partial charge in [-0.05, 0) is 243 Å². The molecule has 8 aliphatic rings. The molecule has 0 aromatic heterocycles. The molecule has 6 heteroatoms. The zero-order chi connectivity index (χ0) is 80.3. The van der Waals surface area contributed by atoms with Crippen LogP contribution >= 0.6 is 15.9 Å². The number of anilines is 15. The van der Waals surface area contributed by atoms with Crippen molar-refractivity contribution in [3.8, 4) is 0 Å². The number of halogens is 1. The Morgan fingerprint density at radius 1 is 0.230 bits per heavy atom. The van der Waals surface area contributed by atoms with Crippen molar-refractivity contribution in [2.24, 2.45) is 0 Å². The van der Waals surface area contributed by atoms with Crippen molar-refractivity contribution in [2.45, 2.75) is 230 Å². The first kappa shape index (κ1) is 74.5. The Bertz CT molecular complexity index is 5810. The molecule has 7 heterocycles. The first-order valence-corrected chi connectivity index (χ1v) is 42.1. The highest BCUT2D eigenvalue weighted by Gasteiger charge is 2.54. The molecule has 12 aromatic rings. The van der Waals surface area contributed by atoms with Crippen LogP contribution in [0.25, 0.3) is 0 Å². The molecule has 12 aromatic carbocycles. The Labute approximate surface area is 682 Å². The van der Waals surface area contributed by atoms with Crippen LogP contribution in [0.3, 0.4) is 0 Å². The number of para-hydroxylation sites is 6. The van der Waals surface area contributed by atoms with Crippen molar-refractivity contribution in [1.82, 2.24) is 0 Å². The van der Waals surface area contributed by atoms with Crippen molar-refractivity contribution >= 4 is 101 Å². The van der Waals surface area contributed by atoms with Gasteiger partial charge in [-0.1, -0.05) is 298 Å². The molecule has 20 rings (SSSR count). The van der Waals surface area contributed by atoms with Gasteiger partial charge in [0.2, 0.25) is 0 Å². The number of nitrogens with zero attached hydrogens (tertiary/aromatic N) is 5. The number of hydrogen-bond donors (Lipinski definition) is 0. The predicted molar refractivity (Wildman–Crippen MR) is 485 cm³/mol. The molecule has 0 bridgehead atoms. The van der Waals surface area contributed by atoms with Crippen LogP contribution in [0, 0.1) is 55.4 Å². The monoisotopic (exact) mass is 1550 g/mol. The minimum atomic E-state index is -0.193. The lowest BCUT2D eigenvalue weighted by atomic mass is 9.64. The topological polar surface area (TPSA) is 16.2 Å². The van der Waals surface area contributed by atoms with E-state index in [0.717, 1.165) is 6.42 Å². The molecule has 0 saturated carbocycles. The Morgan fingerprint density at radius 3 is 0.743 bits per heavy atom. The zero-order valence-corrected chi connectivity index (χ0v) is 73.4. The van der Waals surface area contributed by atoms with E-state index in [2.05, 4.69) is 415 Å². The molecule has 0 N–H and O–H groups in total. The number of rotatable bonds is 3. The molecular weight excluding hydrogens is 1440 g/mol. The van der Waals surface area contributed by atoms with Crippen LogP contribution in [0.5, 0.6) is 0 Å². The summed E-state index contributed by atoms with van der Waals surface area (Å²) in [6.07, 6.45) is 1.08. The molecule has 0 fully saturated rings. The molecule has 7 aliphatic heterocycles. The van der Waals surface area contributed by atoms with Crippen molar-refractivity contribution in [3.05, 3.63) is 332 Å². The highest BCUT2D eigenvalue weighted by molar-refractivity contribution is 9.10. The Hall–Kier alpha value is -9.88. The summed E-state index contributed by atoms with van der Waals surface area (Å²) in [5.74, 6) is 0. The van der Waals surface area contributed by atoms with Crippen molar-refractivity contribution in [2.75, 3.05) is 24.5 Å². The van der Waals surface area contributed by atoms with E-state index >= 15 is 0 Å². The quantitative estimate of drug-likeness (QED) is 0.175. The first-order chi connectivity index (χ1) is 53.2. The lowest BCUT2D eigenvalue weighted by molar-refractivity contribution is 0.562. The average Bonchev–Trinajstić information content (AvgIpc) is 0.671. The normalized spacial score (nSPS) is 17.1. The minimum absolute atomic E-state index is 0.0339. The largest absolute Gasteiger partial charge is 0.309 e. The van der Waals surface area contributed by atoms with Crippen LogP contribution in [0.15, 0.2) is 199 Å². The SMILES string of the molecule is CC1(C)c2ccccc2Cc2ccccc21.Cc1c(C)c(N2c3cccc4c3N3c5c2cccc5C(C)(C)c2cc(C(C)(C)C)cc(c23)C4(C)C)c(C)c(C)c1Br.Cc1c(C)c(N2c3cccc4c3N3c5c2cccc5C(C)(C)c2cc(C(C)(C)C)cc(c23)C4(C)C)c(C)c(C)c1N1c2ccccc2C(C)(C)c2ccccc21. The van der Waals surface area contributed by atoms with Crippen LogP contribution in [-0.4, -0.2) is 0 Å². The fourth-order valence-corrected chi connectivity index (χ4v) is 22.3. The molecule has 0 radical (unpaired) electrons. The van der Waals surface area contributed by atoms with Crippen LogP contribution in [-0.2, 0) is 49.7 Å². The number of hydrogen-bond acceptors (Lipinski definition) is 5. The van der Waals surface area contributed by atoms with E-state index in [9.17, 15) is 0 Å². The second-order valence-corrected chi connectivity index (χ2v) is 40.1. The number of fused-ring (bicyclic) bond motifs is 4.